The molecule has 0 heterocycles. The van der Waals surface area contributed by atoms with Crippen LogP contribution in [0.4, 0.5) is 0 Å². The average Bonchev–Trinajstić information content (AvgIpc) is 2.51. The van der Waals surface area contributed by atoms with Gasteiger partial charge in [0.25, 0.3) is 5.91 Å². The van der Waals surface area contributed by atoms with Gasteiger partial charge in [0.05, 0.1) is 0 Å². The zero-order valence-corrected chi connectivity index (χ0v) is 13.3. The van der Waals surface area contributed by atoms with Crippen LogP contribution < -0.4 is 10.6 Å². The van der Waals surface area contributed by atoms with Gasteiger partial charge in [0.15, 0.2) is 0 Å². The zero-order chi connectivity index (χ0) is 15.0. The van der Waals surface area contributed by atoms with Crippen molar-refractivity contribution in [3.63, 3.8) is 0 Å². The highest BCUT2D eigenvalue weighted by atomic mass is 16.1. The van der Waals surface area contributed by atoms with E-state index in [1.54, 1.807) is 0 Å². The van der Waals surface area contributed by atoms with Gasteiger partial charge in [-0.15, -0.1) is 0 Å². The van der Waals surface area contributed by atoms with Crippen molar-refractivity contribution in [2.45, 2.75) is 52.0 Å². The Labute approximate surface area is 123 Å². The number of amides is 1. The van der Waals surface area contributed by atoms with Gasteiger partial charge in [0.2, 0.25) is 0 Å². The summed E-state index contributed by atoms with van der Waals surface area (Å²) >= 11 is 0. The molecule has 2 N–H and O–H groups in total. The second-order valence-corrected chi connectivity index (χ2v) is 5.31. The van der Waals surface area contributed by atoms with Crippen LogP contribution >= 0.6 is 0 Å². The molecule has 0 unspecified atom stereocenters. The van der Waals surface area contributed by atoms with Crippen LogP contribution in [0.15, 0.2) is 24.3 Å². The van der Waals surface area contributed by atoms with Crippen LogP contribution in [-0.2, 0) is 6.42 Å². The molecule has 1 aromatic carbocycles. The van der Waals surface area contributed by atoms with E-state index in [0.717, 1.165) is 43.4 Å². The first-order valence-corrected chi connectivity index (χ1v) is 7.67. The summed E-state index contributed by atoms with van der Waals surface area (Å²) < 4.78 is 0. The number of benzene rings is 1. The number of nitrogens with one attached hydrogen (secondary N) is 2. The molecule has 0 aliphatic carbocycles. The lowest BCUT2D eigenvalue weighted by atomic mass is 9.89. The molecule has 0 aliphatic rings. The fourth-order valence-electron chi connectivity index (χ4n) is 2.54. The molecular weight excluding hydrogens is 248 g/mol. The molecule has 3 heteroatoms. The van der Waals surface area contributed by atoms with Crippen molar-refractivity contribution in [3.05, 3.63) is 35.4 Å². The summed E-state index contributed by atoms with van der Waals surface area (Å²) in [6.45, 7) is 7.30. The number of carbonyl (C=O) groups excluding carboxylic acids is 1. The highest BCUT2D eigenvalue weighted by Crippen LogP contribution is 2.21. The number of carbonyl (C=O) groups is 1. The molecule has 0 fully saturated rings. The quantitative estimate of drug-likeness (QED) is 0.766. The summed E-state index contributed by atoms with van der Waals surface area (Å²) in [5.41, 5.74) is 1.84. The van der Waals surface area contributed by atoms with Crippen molar-refractivity contribution in [2.24, 2.45) is 0 Å². The van der Waals surface area contributed by atoms with Crippen LogP contribution in [0, 0.1) is 0 Å². The van der Waals surface area contributed by atoms with Crippen molar-refractivity contribution < 1.29 is 4.79 Å². The number of hydrogen-bond donors (Lipinski definition) is 2. The Balaban J connectivity index is 2.91. The van der Waals surface area contributed by atoms with E-state index < -0.39 is 0 Å². The highest BCUT2D eigenvalue weighted by molar-refractivity contribution is 5.96. The Morgan fingerprint density at radius 2 is 1.70 bits per heavy atom. The van der Waals surface area contributed by atoms with E-state index in [1.807, 2.05) is 31.3 Å². The van der Waals surface area contributed by atoms with Crippen LogP contribution in [0.25, 0.3) is 0 Å². The number of likely N-dealkylation sites (N-methyl/N-ethyl adjacent to an activating group) is 1. The molecule has 0 aromatic heterocycles. The van der Waals surface area contributed by atoms with E-state index in [4.69, 9.17) is 0 Å². The Bertz CT molecular complexity index is 416. The molecule has 112 valence electrons. The van der Waals surface area contributed by atoms with Gasteiger partial charge >= 0.3 is 0 Å². The lowest BCUT2D eigenvalue weighted by molar-refractivity contribution is 0.0887. The molecular formula is C17H28N2O. The summed E-state index contributed by atoms with van der Waals surface area (Å²) in [5.74, 6) is 0.0576. The Hall–Kier alpha value is -1.35. The van der Waals surface area contributed by atoms with E-state index in [2.05, 4.69) is 31.4 Å². The molecule has 1 amide bonds. The molecule has 0 saturated carbocycles. The van der Waals surface area contributed by atoms with Crippen molar-refractivity contribution in [2.75, 3.05) is 13.6 Å². The van der Waals surface area contributed by atoms with Gasteiger partial charge in [0.1, 0.15) is 0 Å². The normalized spacial score (nSPS) is 11.4. The maximum Gasteiger partial charge on any atom is 0.251 e. The zero-order valence-electron chi connectivity index (χ0n) is 13.3. The first-order valence-electron chi connectivity index (χ1n) is 7.67. The summed E-state index contributed by atoms with van der Waals surface area (Å²) in [5, 5.41) is 6.39. The Kier molecular flexibility index (Phi) is 6.73. The molecule has 0 aliphatic heterocycles. The molecule has 0 radical (unpaired) electrons. The minimum Gasteiger partial charge on any atom is -0.347 e. The highest BCUT2D eigenvalue weighted by Gasteiger charge is 2.26. The van der Waals surface area contributed by atoms with Crippen LogP contribution in [0.3, 0.4) is 0 Å². The standard InChI is InChI=1S/C17H28N2O/c1-5-17(6-2,7-3)19-16(20)15-11-9-8-10-14(15)12-13-18-4/h8-11,18H,5-7,12-13H2,1-4H3,(H,19,20). The predicted octanol–water partition coefficient (Wildman–Crippen LogP) is 3.15. The number of hydrogen-bond acceptors (Lipinski definition) is 2. The largest absolute Gasteiger partial charge is 0.347 e. The van der Waals surface area contributed by atoms with Crippen molar-refractivity contribution >= 4 is 5.91 Å². The molecule has 0 bridgehead atoms. The topological polar surface area (TPSA) is 41.1 Å². The van der Waals surface area contributed by atoms with E-state index in [1.165, 1.54) is 0 Å². The fourth-order valence-corrected chi connectivity index (χ4v) is 2.54. The summed E-state index contributed by atoms with van der Waals surface area (Å²) in [6.07, 6.45) is 3.76. The molecule has 3 nitrogen and oxygen atoms in total. The van der Waals surface area contributed by atoms with Gasteiger partial charge in [-0.05, 0) is 50.9 Å². The molecule has 0 atom stereocenters. The fraction of sp³-hybridized carbons (Fsp3) is 0.588. The summed E-state index contributed by atoms with van der Waals surface area (Å²) in [6, 6.07) is 7.89. The van der Waals surface area contributed by atoms with Crippen molar-refractivity contribution in [3.8, 4) is 0 Å². The van der Waals surface area contributed by atoms with Gasteiger partial charge in [-0.1, -0.05) is 39.0 Å². The minimum absolute atomic E-state index is 0.0576. The van der Waals surface area contributed by atoms with Crippen molar-refractivity contribution in [1.82, 2.24) is 10.6 Å². The molecule has 20 heavy (non-hydrogen) atoms. The monoisotopic (exact) mass is 276 g/mol. The van der Waals surface area contributed by atoms with E-state index in [9.17, 15) is 4.79 Å². The molecule has 1 rings (SSSR count). The lowest BCUT2D eigenvalue weighted by Gasteiger charge is -2.32. The van der Waals surface area contributed by atoms with Gasteiger partial charge in [-0.2, -0.15) is 0 Å². The van der Waals surface area contributed by atoms with Crippen LogP contribution in [0.2, 0.25) is 0 Å². The third-order valence-corrected chi connectivity index (χ3v) is 4.32. The van der Waals surface area contributed by atoms with Crippen LogP contribution in [0.1, 0.15) is 56.0 Å². The lowest BCUT2D eigenvalue weighted by Crippen LogP contribution is -2.47. The second kappa shape index (κ2) is 8.05. The van der Waals surface area contributed by atoms with E-state index in [-0.39, 0.29) is 11.4 Å². The van der Waals surface area contributed by atoms with Gasteiger partial charge in [0, 0.05) is 11.1 Å². The SMILES string of the molecule is CCC(CC)(CC)NC(=O)c1ccccc1CCNC. The number of rotatable bonds is 8. The smallest absolute Gasteiger partial charge is 0.251 e. The van der Waals surface area contributed by atoms with E-state index in [0.29, 0.717) is 0 Å². The maximum absolute atomic E-state index is 12.6. The predicted molar refractivity (Wildman–Crippen MR) is 85.1 cm³/mol. The second-order valence-electron chi connectivity index (χ2n) is 5.31. The first-order chi connectivity index (χ1) is 9.62. The summed E-state index contributed by atoms with van der Waals surface area (Å²) in [4.78, 5) is 12.6. The maximum atomic E-state index is 12.6. The van der Waals surface area contributed by atoms with Gasteiger partial charge in [-0.3, -0.25) is 4.79 Å². The first kappa shape index (κ1) is 16.7. The van der Waals surface area contributed by atoms with Gasteiger partial charge in [-0.25, -0.2) is 0 Å². The third-order valence-electron chi connectivity index (χ3n) is 4.32. The molecule has 0 saturated heterocycles. The van der Waals surface area contributed by atoms with E-state index >= 15 is 0 Å². The molecule has 0 spiro atoms. The van der Waals surface area contributed by atoms with Crippen LogP contribution in [0.5, 0.6) is 0 Å². The average molecular weight is 276 g/mol. The molecule has 1 aromatic rings. The van der Waals surface area contributed by atoms with Crippen molar-refractivity contribution in [1.29, 1.82) is 0 Å². The Morgan fingerprint density at radius 3 is 2.25 bits per heavy atom. The third kappa shape index (κ3) is 4.07. The van der Waals surface area contributed by atoms with Crippen LogP contribution in [-0.4, -0.2) is 25.0 Å². The Morgan fingerprint density at radius 1 is 1.10 bits per heavy atom. The summed E-state index contributed by atoms with van der Waals surface area (Å²) in [7, 11) is 1.93. The van der Waals surface area contributed by atoms with Gasteiger partial charge < -0.3 is 10.6 Å². The minimum atomic E-state index is -0.0762.